The van der Waals surface area contributed by atoms with Crippen LogP contribution in [0.15, 0.2) is 30.3 Å². The van der Waals surface area contributed by atoms with Gasteiger partial charge in [-0.15, -0.1) is 0 Å². The van der Waals surface area contributed by atoms with Crippen LogP contribution in [0, 0.1) is 0 Å². The third-order valence-corrected chi connectivity index (χ3v) is 8.93. The molecule has 206 valence electrons. The molecule has 0 atom stereocenters. The van der Waals surface area contributed by atoms with Gasteiger partial charge in [-0.25, -0.2) is 4.79 Å². The second-order valence-corrected chi connectivity index (χ2v) is 13.8. The van der Waals surface area contributed by atoms with Crippen LogP contribution in [0.5, 0.6) is 0 Å². The summed E-state index contributed by atoms with van der Waals surface area (Å²) in [7, 11) is 0. The Balaban J connectivity index is 1.79. The molecular formula is C32H45N3O3. The molecule has 2 aromatic carbocycles. The third kappa shape index (κ3) is 5.20. The fraction of sp³-hybridized carbons (Fsp3) is 0.562. The molecule has 0 unspecified atom stereocenters. The Kier molecular flexibility index (Phi) is 7.19. The van der Waals surface area contributed by atoms with Crippen LogP contribution in [0.25, 0.3) is 0 Å². The molecule has 6 nitrogen and oxygen atoms in total. The maximum absolute atomic E-state index is 13.8. The highest BCUT2D eigenvalue weighted by Crippen LogP contribution is 2.56. The van der Waals surface area contributed by atoms with Crippen LogP contribution in [0.2, 0.25) is 0 Å². The minimum atomic E-state index is -0.395. The summed E-state index contributed by atoms with van der Waals surface area (Å²) in [6.45, 7) is 18.6. The molecule has 2 aromatic rings. The topological polar surface area (TPSA) is 90.5 Å². The number of anilines is 2. The first-order valence-corrected chi connectivity index (χ1v) is 13.9. The van der Waals surface area contributed by atoms with Crippen LogP contribution < -0.4 is 16.0 Å². The van der Waals surface area contributed by atoms with Gasteiger partial charge in [-0.05, 0) is 93.9 Å². The van der Waals surface area contributed by atoms with Crippen LogP contribution in [0.3, 0.4) is 0 Å². The van der Waals surface area contributed by atoms with Crippen molar-refractivity contribution in [3.63, 3.8) is 0 Å². The van der Waals surface area contributed by atoms with Crippen LogP contribution in [-0.4, -0.2) is 30.2 Å². The molecule has 3 amide bonds. The molecule has 4 rings (SSSR count). The van der Waals surface area contributed by atoms with E-state index in [9.17, 15) is 9.59 Å². The molecular weight excluding hydrogens is 474 g/mol. The smallest absolute Gasteiger partial charge is 0.319 e. The summed E-state index contributed by atoms with van der Waals surface area (Å²) in [5, 5.41) is 17.6. The van der Waals surface area contributed by atoms with Gasteiger partial charge in [0.15, 0.2) is 0 Å². The Morgan fingerprint density at radius 3 is 1.68 bits per heavy atom. The predicted octanol–water partition coefficient (Wildman–Crippen LogP) is 6.75. The minimum Gasteiger partial charge on any atom is -0.395 e. The van der Waals surface area contributed by atoms with E-state index in [1.165, 1.54) is 22.3 Å². The van der Waals surface area contributed by atoms with Crippen molar-refractivity contribution in [1.82, 2.24) is 5.32 Å². The summed E-state index contributed by atoms with van der Waals surface area (Å²) in [6, 6.07) is 9.01. The van der Waals surface area contributed by atoms with Gasteiger partial charge in [0.1, 0.15) is 0 Å². The van der Waals surface area contributed by atoms with Crippen molar-refractivity contribution >= 4 is 23.3 Å². The molecule has 0 saturated carbocycles. The van der Waals surface area contributed by atoms with Gasteiger partial charge >= 0.3 is 6.03 Å². The van der Waals surface area contributed by atoms with E-state index in [-0.39, 0.29) is 40.7 Å². The van der Waals surface area contributed by atoms with Crippen molar-refractivity contribution in [3.8, 4) is 0 Å². The molecule has 2 aliphatic carbocycles. The number of aliphatic hydroxyl groups excluding tert-OH is 1. The quantitative estimate of drug-likeness (QED) is 0.352. The van der Waals surface area contributed by atoms with E-state index in [1.54, 1.807) is 24.3 Å². The summed E-state index contributed by atoms with van der Waals surface area (Å²) in [6.07, 6.45) is 4.36. The third-order valence-electron chi connectivity index (χ3n) is 8.93. The Labute approximate surface area is 228 Å². The zero-order valence-electron chi connectivity index (χ0n) is 24.4. The van der Waals surface area contributed by atoms with Crippen molar-refractivity contribution in [2.24, 2.45) is 0 Å². The summed E-state index contributed by atoms with van der Waals surface area (Å²) in [5.41, 5.74) is 7.35. The highest BCUT2D eigenvalue weighted by molar-refractivity contribution is 6.06. The molecule has 0 fully saturated rings. The standard InChI is InChI=1S/C32H45N3O3/c1-29(2)13-15-31(5,6)24-22(29)19-23-25(32(7,8)16-14-30(23,3)4)26(24)35-27(37)20-9-11-21(12-10-20)34-28(38)33-17-18-36/h9-12,19,36H,13-18H2,1-8H3,(H,35,37)(H2,33,34,38). The lowest BCUT2D eigenvalue weighted by Gasteiger charge is -2.49. The van der Waals surface area contributed by atoms with E-state index in [1.807, 2.05) is 0 Å². The predicted molar refractivity (Wildman–Crippen MR) is 156 cm³/mol. The van der Waals surface area contributed by atoms with E-state index in [4.69, 9.17) is 5.11 Å². The van der Waals surface area contributed by atoms with Gasteiger partial charge in [0, 0.05) is 23.5 Å². The number of carbonyl (C=O) groups excluding carboxylic acids is 2. The number of aliphatic hydroxyl groups is 1. The van der Waals surface area contributed by atoms with Crippen LogP contribution >= 0.6 is 0 Å². The molecule has 38 heavy (non-hydrogen) atoms. The lowest BCUT2D eigenvalue weighted by molar-refractivity contribution is 0.102. The lowest BCUT2D eigenvalue weighted by Crippen LogP contribution is -2.41. The zero-order valence-corrected chi connectivity index (χ0v) is 24.4. The first kappa shape index (κ1) is 28.2. The summed E-state index contributed by atoms with van der Waals surface area (Å²) >= 11 is 0. The maximum Gasteiger partial charge on any atom is 0.319 e. The van der Waals surface area contributed by atoms with Crippen LogP contribution in [0.1, 0.15) is 114 Å². The highest BCUT2D eigenvalue weighted by Gasteiger charge is 2.46. The number of hydrogen-bond acceptors (Lipinski definition) is 3. The number of benzene rings is 2. The summed E-state index contributed by atoms with van der Waals surface area (Å²) in [5.74, 6) is -0.143. The number of fused-ring (bicyclic) bond motifs is 2. The van der Waals surface area contributed by atoms with Crippen molar-refractivity contribution < 1.29 is 14.7 Å². The van der Waals surface area contributed by atoms with Crippen molar-refractivity contribution in [2.75, 3.05) is 23.8 Å². The number of amides is 3. The average Bonchev–Trinajstić information content (AvgIpc) is 2.83. The Morgan fingerprint density at radius 1 is 0.737 bits per heavy atom. The van der Waals surface area contributed by atoms with Gasteiger partial charge in [0.25, 0.3) is 5.91 Å². The fourth-order valence-electron chi connectivity index (χ4n) is 6.29. The van der Waals surface area contributed by atoms with E-state index in [0.717, 1.165) is 31.4 Å². The van der Waals surface area contributed by atoms with E-state index in [2.05, 4.69) is 77.4 Å². The molecule has 0 heterocycles. The normalized spacial score (nSPS) is 20.0. The Hall–Kier alpha value is -2.86. The molecule has 0 saturated heterocycles. The minimum absolute atomic E-state index is 0.0287. The van der Waals surface area contributed by atoms with E-state index < -0.39 is 6.03 Å². The lowest BCUT2D eigenvalue weighted by atomic mass is 9.56. The first-order chi connectivity index (χ1) is 17.6. The molecule has 0 radical (unpaired) electrons. The molecule has 0 aromatic heterocycles. The fourth-order valence-corrected chi connectivity index (χ4v) is 6.29. The second-order valence-electron chi connectivity index (χ2n) is 13.8. The van der Waals surface area contributed by atoms with Crippen molar-refractivity contribution in [3.05, 3.63) is 58.1 Å². The first-order valence-electron chi connectivity index (χ1n) is 13.9. The van der Waals surface area contributed by atoms with Gasteiger partial charge in [0.2, 0.25) is 0 Å². The molecule has 0 spiro atoms. The number of hydrogen-bond donors (Lipinski definition) is 4. The Morgan fingerprint density at radius 2 is 1.21 bits per heavy atom. The van der Waals surface area contributed by atoms with Crippen LogP contribution in [-0.2, 0) is 21.7 Å². The van der Waals surface area contributed by atoms with Crippen molar-refractivity contribution in [2.45, 2.75) is 103 Å². The van der Waals surface area contributed by atoms with Crippen molar-refractivity contribution in [1.29, 1.82) is 0 Å². The highest BCUT2D eigenvalue weighted by atomic mass is 16.3. The summed E-state index contributed by atoms with van der Waals surface area (Å²) in [4.78, 5) is 25.7. The van der Waals surface area contributed by atoms with Gasteiger partial charge < -0.3 is 21.1 Å². The number of rotatable bonds is 5. The molecule has 0 bridgehead atoms. The molecule has 0 aliphatic heterocycles. The Bertz CT molecular complexity index is 1190. The van der Waals surface area contributed by atoms with Gasteiger partial charge in [-0.2, -0.15) is 0 Å². The molecule has 6 heteroatoms. The van der Waals surface area contributed by atoms with E-state index >= 15 is 0 Å². The molecule has 2 aliphatic rings. The SMILES string of the molecule is CC1(C)CCC(C)(C)c2c1cc1c(c2NC(=O)c2ccc(NC(=O)NCCO)cc2)C(C)(C)CCC1(C)C. The van der Waals surface area contributed by atoms with Gasteiger partial charge in [-0.1, -0.05) is 61.5 Å². The second kappa shape index (κ2) is 9.71. The monoisotopic (exact) mass is 519 g/mol. The largest absolute Gasteiger partial charge is 0.395 e. The van der Waals surface area contributed by atoms with Gasteiger partial charge in [0.05, 0.1) is 6.61 Å². The zero-order chi connectivity index (χ0) is 28.1. The van der Waals surface area contributed by atoms with Gasteiger partial charge in [-0.3, -0.25) is 4.79 Å². The summed E-state index contributed by atoms with van der Waals surface area (Å²) < 4.78 is 0. The van der Waals surface area contributed by atoms with E-state index in [0.29, 0.717) is 11.3 Å². The average molecular weight is 520 g/mol. The number of carbonyl (C=O) groups is 2. The van der Waals surface area contributed by atoms with Crippen LogP contribution in [0.4, 0.5) is 16.2 Å². The molecule has 4 N–H and O–H groups in total. The number of urea groups is 1. The number of nitrogens with one attached hydrogen (secondary N) is 3. The maximum atomic E-state index is 13.8.